The molecule has 0 bridgehead atoms. The number of benzene rings is 1. The smallest absolute Gasteiger partial charge is 0.326 e. The van der Waals surface area contributed by atoms with Crippen molar-refractivity contribution in [1.29, 1.82) is 0 Å². The van der Waals surface area contributed by atoms with Crippen LogP contribution >= 0.6 is 11.6 Å². The minimum absolute atomic E-state index is 0.0317. The van der Waals surface area contributed by atoms with E-state index >= 15 is 0 Å². The Kier molecular flexibility index (Phi) is 4.66. The van der Waals surface area contributed by atoms with Gasteiger partial charge < -0.3 is 15.4 Å². The summed E-state index contributed by atoms with van der Waals surface area (Å²) in [6.45, 7) is 0.203. The molecule has 0 atom stereocenters. The molecule has 4 aromatic rings. The summed E-state index contributed by atoms with van der Waals surface area (Å²) in [4.78, 5) is 29.7. The van der Waals surface area contributed by atoms with E-state index in [1.165, 1.54) is 22.9 Å². The second-order valence-electron chi connectivity index (χ2n) is 7.10. The average molecular weight is 443 g/mol. The molecule has 3 heterocycles. The van der Waals surface area contributed by atoms with Gasteiger partial charge in [0.25, 0.3) is 5.62 Å². The molecule has 0 spiro atoms. The number of aromatic nitrogens is 6. The average Bonchev–Trinajstić information content (AvgIpc) is 3.37. The van der Waals surface area contributed by atoms with Crippen LogP contribution in [0.1, 0.15) is 24.1 Å². The van der Waals surface area contributed by atoms with E-state index in [0.29, 0.717) is 22.0 Å². The first-order valence-electron chi connectivity index (χ1n) is 9.47. The molecule has 0 saturated heterocycles. The first kappa shape index (κ1) is 19.2. The molecule has 158 valence electrons. The number of rotatable bonds is 5. The van der Waals surface area contributed by atoms with Gasteiger partial charge in [0.1, 0.15) is 11.5 Å². The first-order chi connectivity index (χ1) is 15.0. The van der Waals surface area contributed by atoms with Gasteiger partial charge in [0.15, 0.2) is 5.65 Å². The van der Waals surface area contributed by atoms with Crippen molar-refractivity contribution < 1.29 is 9.50 Å². The molecule has 5 rings (SSSR count). The number of imidazole rings is 1. The fourth-order valence-electron chi connectivity index (χ4n) is 3.02. The minimum Gasteiger partial charge on any atom is -0.493 e. The molecular formula is C19H16ClFN8O2. The Morgan fingerprint density at radius 3 is 2.94 bits per heavy atom. The molecule has 0 aliphatic heterocycles. The molecule has 1 fully saturated rings. The van der Waals surface area contributed by atoms with E-state index in [9.17, 15) is 14.3 Å². The molecule has 4 N–H and O–H groups in total. The lowest BCUT2D eigenvalue weighted by Crippen LogP contribution is -2.24. The van der Waals surface area contributed by atoms with E-state index in [0.717, 1.165) is 12.8 Å². The lowest BCUT2D eigenvalue weighted by molar-refractivity contribution is 0.454. The number of anilines is 1. The molecule has 12 heteroatoms. The van der Waals surface area contributed by atoms with Crippen molar-refractivity contribution in [2.75, 3.05) is 5.32 Å². The Balaban J connectivity index is 1.59. The summed E-state index contributed by atoms with van der Waals surface area (Å²) >= 11 is 6.03. The van der Waals surface area contributed by atoms with Crippen molar-refractivity contribution in [1.82, 2.24) is 29.5 Å². The largest absolute Gasteiger partial charge is 0.493 e. The Morgan fingerprint density at radius 2 is 2.19 bits per heavy atom. The van der Waals surface area contributed by atoms with Crippen LogP contribution in [0, 0.1) is 5.82 Å². The van der Waals surface area contributed by atoms with Crippen molar-refractivity contribution in [3.05, 3.63) is 67.8 Å². The molecule has 1 aliphatic carbocycles. The van der Waals surface area contributed by atoms with Crippen LogP contribution in [0.25, 0.3) is 11.7 Å². The zero-order valence-electron chi connectivity index (χ0n) is 15.9. The van der Waals surface area contributed by atoms with Gasteiger partial charge in [-0.05, 0) is 30.5 Å². The van der Waals surface area contributed by atoms with E-state index in [2.05, 4.69) is 35.3 Å². The van der Waals surface area contributed by atoms with E-state index in [1.807, 2.05) is 0 Å². The van der Waals surface area contributed by atoms with Gasteiger partial charge in [-0.2, -0.15) is 19.6 Å². The Bertz CT molecular complexity index is 1470. The zero-order valence-corrected chi connectivity index (χ0v) is 16.7. The highest BCUT2D eigenvalue weighted by Gasteiger charge is 2.21. The maximum absolute atomic E-state index is 13.7. The van der Waals surface area contributed by atoms with E-state index in [1.54, 1.807) is 12.1 Å². The third-order valence-corrected chi connectivity index (χ3v) is 5.15. The maximum atomic E-state index is 13.7. The summed E-state index contributed by atoms with van der Waals surface area (Å²) in [7, 11) is 0. The molecule has 0 amide bonds. The lowest BCUT2D eigenvalue weighted by Gasteiger charge is -2.07. The van der Waals surface area contributed by atoms with Crippen LogP contribution in [0.15, 0.2) is 34.2 Å². The molecule has 1 aromatic carbocycles. The van der Waals surface area contributed by atoms with Gasteiger partial charge in [-0.1, -0.05) is 23.7 Å². The van der Waals surface area contributed by atoms with Crippen LogP contribution < -0.4 is 21.8 Å². The number of hydrogen-bond acceptors (Lipinski definition) is 7. The second kappa shape index (κ2) is 7.51. The summed E-state index contributed by atoms with van der Waals surface area (Å²) in [5, 5.41) is 17.8. The van der Waals surface area contributed by atoms with E-state index < -0.39 is 11.5 Å². The van der Waals surface area contributed by atoms with Crippen LogP contribution in [0.2, 0.25) is 5.02 Å². The van der Waals surface area contributed by atoms with Crippen LogP contribution in [0.4, 0.5) is 10.3 Å². The standard InChI is InChI=1S/C19H16ClFN8O2/c20-14-9(2-1-3-12(14)21)7-22-17-26-15-10(6-13-16(30)27-19(31)25-13)8-23-29(15)18(28-17)24-11-4-5-11/h1-3,6,8,11,30H,4-5,7H2,(H,22,24,28)(H2,25,27,31). The third kappa shape index (κ3) is 3.87. The van der Waals surface area contributed by atoms with Gasteiger partial charge >= 0.3 is 5.69 Å². The summed E-state index contributed by atoms with van der Waals surface area (Å²) in [5.41, 5.74) is 1.00. The number of nitrogens with zero attached hydrogens (tertiary/aromatic N) is 5. The molecule has 10 nitrogen and oxygen atoms in total. The Morgan fingerprint density at radius 1 is 1.35 bits per heavy atom. The SMILES string of the molecule is O=c1[nH]c(O)c(C=c2cnn3c(=NC4CC4)nc(NCc4cccc(F)c4Cl)nc23)[nH]1. The van der Waals surface area contributed by atoms with Gasteiger partial charge in [-0.3, -0.25) is 4.98 Å². The highest BCUT2D eigenvalue weighted by atomic mass is 35.5. The summed E-state index contributed by atoms with van der Waals surface area (Å²) in [6.07, 6.45) is 5.03. The fraction of sp³-hybridized carbons (Fsp3) is 0.211. The molecule has 1 saturated carbocycles. The Labute approximate surface area is 178 Å². The number of hydrogen-bond donors (Lipinski definition) is 4. The second-order valence-corrected chi connectivity index (χ2v) is 7.47. The van der Waals surface area contributed by atoms with Crippen LogP contribution in [-0.2, 0) is 6.54 Å². The summed E-state index contributed by atoms with van der Waals surface area (Å²) < 4.78 is 15.2. The van der Waals surface area contributed by atoms with Crippen LogP contribution in [0.3, 0.4) is 0 Å². The monoisotopic (exact) mass is 442 g/mol. The van der Waals surface area contributed by atoms with Crippen LogP contribution in [-0.4, -0.2) is 40.7 Å². The van der Waals surface area contributed by atoms with E-state index in [4.69, 9.17) is 11.6 Å². The highest BCUT2D eigenvalue weighted by Crippen LogP contribution is 2.22. The van der Waals surface area contributed by atoms with E-state index in [-0.39, 0.29) is 35.1 Å². The van der Waals surface area contributed by atoms with Crippen molar-refractivity contribution in [3.8, 4) is 5.88 Å². The normalized spacial score (nSPS) is 15.2. The Hall–Kier alpha value is -3.73. The number of halogens is 2. The number of aromatic amines is 2. The maximum Gasteiger partial charge on any atom is 0.326 e. The molecule has 0 unspecified atom stereocenters. The number of nitrogens with one attached hydrogen (secondary N) is 3. The van der Waals surface area contributed by atoms with Gasteiger partial charge in [-0.25, -0.2) is 14.2 Å². The van der Waals surface area contributed by atoms with Crippen molar-refractivity contribution >= 4 is 29.3 Å². The fourth-order valence-corrected chi connectivity index (χ4v) is 3.21. The van der Waals surface area contributed by atoms with Gasteiger partial charge in [0.2, 0.25) is 11.8 Å². The number of fused-ring (bicyclic) bond motifs is 1. The molecule has 3 aromatic heterocycles. The molecule has 31 heavy (non-hydrogen) atoms. The molecule has 1 aliphatic rings. The first-order valence-corrected chi connectivity index (χ1v) is 9.85. The van der Waals surface area contributed by atoms with Gasteiger partial charge in [0.05, 0.1) is 17.3 Å². The molecular weight excluding hydrogens is 427 g/mol. The third-order valence-electron chi connectivity index (χ3n) is 4.73. The van der Waals surface area contributed by atoms with Crippen molar-refractivity contribution in [3.63, 3.8) is 0 Å². The topological polar surface area (TPSA) is 136 Å². The van der Waals surface area contributed by atoms with Crippen LogP contribution in [0.5, 0.6) is 5.88 Å². The predicted octanol–water partition coefficient (Wildman–Crippen LogP) is 0.862. The minimum atomic E-state index is -0.534. The highest BCUT2D eigenvalue weighted by molar-refractivity contribution is 6.31. The lowest BCUT2D eigenvalue weighted by atomic mass is 10.2. The number of aromatic hydroxyl groups is 1. The zero-order chi connectivity index (χ0) is 21.5. The van der Waals surface area contributed by atoms with Gasteiger partial charge in [0, 0.05) is 11.8 Å². The number of H-pyrrole nitrogens is 2. The molecule has 0 radical (unpaired) electrons. The van der Waals surface area contributed by atoms with Crippen molar-refractivity contribution in [2.45, 2.75) is 25.4 Å². The quantitative estimate of drug-likeness (QED) is 0.362. The van der Waals surface area contributed by atoms with Crippen molar-refractivity contribution in [2.24, 2.45) is 4.99 Å². The van der Waals surface area contributed by atoms with Gasteiger partial charge in [-0.15, -0.1) is 0 Å². The predicted molar refractivity (Wildman–Crippen MR) is 110 cm³/mol. The summed E-state index contributed by atoms with van der Waals surface area (Å²) in [5.74, 6) is -0.538. The summed E-state index contributed by atoms with van der Waals surface area (Å²) in [6, 6.07) is 4.75.